The van der Waals surface area contributed by atoms with Crippen molar-refractivity contribution in [3.8, 4) is 16.2 Å². The number of alkyl halides is 3. The molecule has 37 heavy (non-hydrogen) atoms. The minimum absolute atomic E-state index is 0.0187. The fraction of sp³-hybridized carbons (Fsp3) is 0.308. The number of aromatic carboxylic acids is 1. The number of rotatable bonds is 8. The molecule has 1 aliphatic rings. The van der Waals surface area contributed by atoms with E-state index >= 15 is 0 Å². The first-order valence-corrected chi connectivity index (χ1v) is 13.1. The van der Waals surface area contributed by atoms with Gasteiger partial charge in [-0.2, -0.15) is 13.2 Å². The quantitative estimate of drug-likeness (QED) is 0.249. The molecule has 0 bridgehead atoms. The summed E-state index contributed by atoms with van der Waals surface area (Å²) in [6, 6.07) is 13.1. The number of thiophene rings is 1. The summed E-state index contributed by atoms with van der Waals surface area (Å²) in [5.41, 5.74) is 1.87. The molecule has 3 N–H and O–H groups in total. The van der Waals surface area contributed by atoms with Crippen molar-refractivity contribution in [2.75, 3.05) is 11.9 Å². The molecule has 1 aromatic heterocycles. The van der Waals surface area contributed by atoms with Crippen LogP contribution in [0.15, 0.2) is 53.0 Å². The van der Waals surface area contributed by atoms with Crippen molar-refractivity contribution in [2.45, 2.75) is 43.8 Å². The van der Waals surface area contributed by atoms with Crippen LogP contribution in [-0.2, 0) is 11.0 Å². The van der Waals surface area contributed by atoms with Crippen molar-refractivity contribution in [1.82, 2.24) is 0 Å². The van der Waals surface area contributed by atoms with Gasteiger partial charge in [0.15, 0.2) is 17.2 Å². The van der Waals surface area contributed by atoms with Crippen LogP contribution in [0.3, 0.4) is 0 Å². The van der Waals surface area contributed by atoms with Gasteiger partial charge in [0.2, 0.25) is 0 Å². The Balaban J connectivity index is 1.43. The lowest BCUT2D eigenvalue weighted by Gasteiger charge is -2.30. The van der Waals surface area contributed by atoms with Gasteiger partial charge in [0.25, 0.3) is 0 Å². The van der Waals surface area contributed by atoms with E-state index in [1.165, 1.54) is 0 Å². The van der Waals surface area contributed by atoms with Gasteiger partial charge in [-0.05, 0) is 82.9 Å². The number of hydrogen-bond acceptors (Lipinski definition) is 5. The normalized spacial score (nSPS) is 17.8. The predicted molar refractivity (Wildman–Crippen MR) is 138 cm³/mol. The number of carboxylic acids is 2. The number of hydrogen-bond donors (Lipinski definition) is 3. The third kappa shape index (κ3) is 6.45. The van der Waals surface area contributed by atoms with Crippen molar-refractivity contribution >= 4 is 44.9 Å². The molecule has 11 heteroatoms. The molecule has 6 nitrogen and oxygen atoms in total. The Hall–Kier alpha value is -3.05. The van der Waals surface area contributed by atoms with Gasteiger partial charge in [0.05, 0.1) is 14.9 Å². The summed E-state index contributed by atoms with van der Waals surface area (Å²) in [7, 11) is 0. The van der Waals surface area contributed by atoms with E-state index < -0.39 is 30.3 Å². The maximum atomic E-state index is 12.8. The highest BCUT2D eigenvalue weighted by atomic mass is 79.9. The lowest BCUT2D eigenvalue weighted by Crippen LogP contribution is -2.25. The van der Waals surface area contributed by atoms with Gasteiger partial charge in [-0.3, -0.25) is 0 Å². The second kappa shape index (κ2) is 11.1. The molecule has 2 aromatic carbocycles. The Labute approximate surface area is 223 Å². The lowest BCUT2D eigenvalue weighted by molar-refractivity contribution is -0.139. The third-order valence-corrected chi connectivity index (χ3v) is 8.50. The minimum Gasteiger partial charge on any atom is -0.479 e. The molecule has 0 spiro atoms. The van der Waals surface area contributed by atoms with Crippen molar-refractivity contribution in [3.05, 3.63) is 69.0 Å². The Morgan fingerprint density at radius 2 is 1.73 bits per heavy atom. The van der Waals surface area contributed by atoms with Crippen LogP contribution in [0.25, 0.3) is 10.4 Å². The summed E-state index contributed by atoms with van der Waals surface area (Å²) in [5.74, 6) is -2.23. The van der Waals surface area contributed by atoms with Gasteiger partial charge in [-0.1, -0.05) is 24.3 Å². The van der Waals surface area contributed by atoms with E-state index in [1.807, 2.05) is 24.3 Å². The number of nitrogens with one attached hydrogen (secondary N) is 1. The van der Waals surface area contributed by atoms with E-state index in [4.69, 9.17) is 9.84 Å². The highest BCUT2D eigenvalue weighted by Crippen LogP contribution is 2.46. The van der Waals surface area contributed by atoms with Crippen LogP contribution in [0, 0.1) is 0 Å². The molecule has 0 atom stereocenters. The number of ether oxygens (including phenoxy) is 1. The summed E-state index contributed by atoms with van der Waals surface area (Å²) in [5, 5.41) is 21.9. The van der Waals surface area contributed by atoms with Crippen molar-refractivity contribution in [3.63, 3.8) is 0 Å². The Morgan fingerprint density at radius 1 is 1.05 bits per heavy atom. The molecule has 1 aliphatic carbocycles. The zero-order valence-corrected chi connectivity index (χ0v) is 21.8. The predicted octanol–water partition coefficient (Wildman–Crippen LogP) is 7.50. The first-order chi connectivity index (χ1) is 17.5. The first kappa shape index (κ1) is 27.0. The minimum atomic E-state index is -4.34. The van der Waals surface area contributed by atoms with E-state index in [0.717, 1.165) is 66.0 Å². The molecular formula is C26H23BrF3NO5S. The molecule has 0 saturated heterocycles. The smallest absolute Gasteiger partial charge is 0.416 e. The Kier molecular flexibility index (Phi) is 8.13. The van der Waals surface area contributed by atoms with Crippen LogP contribution in [0.5, 0.6) is 5.75 Å². The van der Waals surface area contributed by atoms with Crippen LogP contribution < -0.4 is 10.1 Å². The summed E-state index contributed by atoms with van der Waals surface area (Å²) in [6.07, 6.45) is -0.920. The van der Waals surface area contributed by atoms with Gasteiger partial charge >= 0.3 is 18.1 Å². The molecule has 0 aliphatic heterocycles. The van der Waals surface area contributed by atoms with Gasteiger partial charge in [-0.25, -0.2) is 9.59 Å². The molecule has 196 valence electrons. The average molecular weight is 598 g/mol. The highest BCUT2D eigenvalue weighted by molar-refractivity contribution is 9.10. The first-order valence-electron chi connectivity index (χ1n) is 11.5. The average Bonchev–Trinajstić information content (AvgIpc) is 3.19. The molecule has 0 amide bonds. The zero-order valence-electron chi connectivity index (χ0n) is 19.3. The van der Waals surface area contributed by atoms with Crippen LogP contribution in [0.2, 0.25) is 0 Å². The maximum Gasteiger partial charge on any atom is 0.416 e. The monoisotopic (exact) mass is 597 g/mol. The van der Waals surface area contributed by atoms with Crippen LogP contribution in [-0.4, -0.2) is 34.8 Å². The van der Waals surface area contributed by atoms with Crippen molar-refractivity contribution in [2.24, 2.45) is 0 Å². The summed E-state index contributed by atoms with van der Waals surface area (Å²) in [4.78, 5) is 23.1. The summed E-state index contributed by atoms with van der Waals surface area (Å²) >= 11 is 4.36. The zero-order chi connectivity index (χ0) is 26.7. The van der Waals surface area contributed by atoms with Gasteiger partial charge in [-0.15, -0.1) is 11.3 Å². The second-order valence-electron chi connectivity index (χ2n) is 8.78. The second-order valence-corrected chi connectivity index (χ2v) is 10.6. The third-order valence-electron chi connectivity index (χ3n) is 6.28. The van der Waals surface area contributed by atoms with E-state index in [0.29, 0.717) is 9.35 Å². The largest absolute Gasteiger partial charge is 0.479 e. The number of carbonyl (C=O) groups is 2. The van der Waals surface area contributed by atoms with Gasteiger partial charge in [0, 0.05) is 11.7 Å². The van der Waals surface area contributed by atoms with E-state index in [1.54, 1.807) is 12.1 Å². The fourth-order valence-corrected chi connectivity index (χ4v) is 6.37. The van der Waals surface area contributed by atoms with Crippen LogP contribution in [0.1, 0.15) is 52.4 Å². The van der Waals surface area contributed by atoms with Crippen molar-refractivity contribution in [1.29, 1.82) is 0 Å². The van der Waals surface area contributed by atoms with Crippen LogP contribution >= 0.6 is 27.3 Å². The molecule has 3 aromatic rings. The molecular weight excluding hydrogens is 575 g/mol. The fourth-order valence-electron chi connectivity index (χ4n) is 4.49. The molecule has 4 rings (SSSR count). The summed E-state index contributed by atoms with van der Waals surface area (Å²) < 4.78 is 44.1. The molecule has 1 fully saturated rings. The van der Waals surface area contributed by atoms with Crippen LogP contribution in [0.4, 0.5) is 18.9 Å². The standard InChI is InChI=1S/C26H23BrF3NO5S/c27-21-22(36-13-20(32)33)24(25(34)35)37-23(21)16-2-1-3-19(12-16)31-18-10-6-15(7-11-18)14-4-8-17(9-5-14)26(28,29)30/h1-5,8-9,12,15,18,31H,6-7,10-11,13H2,(H,32,33)(H,34,35). The summed E-state index contributed by atoms with van der Waals surface area (Å²) in [6.45, 7) is -0.661. The molecule has 1 heterocycles. The maximum absolute atomic E-state index is 12.8. The van der Waals surface area contributed by atoms with Gasteiger partial charge < -0.3 is 20.3 Å². The number of benzene rings is 2. The van der Waals surface area contributed by atoms with Gasteiger partial charge in [0.1, 0.15) is 0 Å². The Bertz CT molecular complexity index is 1280. The molecule has 0 radical (unpaired) electrons. The van der Waals surface area contributed by atoms with E-state index in [2.05, 4.69) is 21.2 Å². The number of halogens is 4. The topological polar surface area (TPSA) is 95.9 Å². The number of carboxylic acid groups (broad SMARTS) is 2. The lowest BCUT2D eigenvalue weighted by atomic mass is 9.81. The SMILES string of the molecule is O=C(O)COc1c(C(=O)O)sc(-c2cccc(NC3CCC(c4ccc(C(F)(F)F)cc4)CC3)c2)c1Br. The van der Waals surface area contributed by atoms with E-state index in [-0.39, 0.29) is 22.6 Å². The molecule has 0 unspecified atom stereocenters. The highest BCUT2D eigenvalue weighted by Gasteiger charge is 2.31. The Morgan fingerprint density at radius 3 is 2.32 bits per heavy atom. The number of anilines is 1. The molecule has 1 saturated carbocycles. The van der Waals surface area contributed by atoms with Crippen molar-refractivity contribution < 1.29 is 37.7 Å². The van der Waals surface area contributed by atoms with E-state index in [9.17, 15) is 27.9 Å². The number of aliphatic carboxylic acids is 1.